The Morgan fingerprint density at radius 1 is 1.22 bits per heavy atom. The summed E-state index contributed by atoms with van der Waals surface area (Å²) in [7, 11) is 0. The number of carboxylic acids is 1. The van der Waals surface area contributed by atoms with Crippen molar-refractivity contribution in [2.45, 2.75) is 11.7 Å². The molecule has 2 aromatic rings. The fourth-order valence-corrected chi connectivity index (χ4v) is 3.28. The number of carbonyl (C=O) groups is 2. The molecular weight excluding hydrogens is 373 g/mol. The molecule has 1 fully saturated rings. The van der Waals surface area contributed by atoms with Crippen molar-refractivity contribution in [2.75, 3.05) is 0 Å². The molecule has 1 amide bonds. The fraction of sp³-hybridized carbons (Fsp3) is 0.111. The zero-order chi connectivity index (χ0) is 19.4. The van der Waals surface area contributed by atoms with Crippen molar-refractivity contribution in [1.29, 1.82) is 0 Å². The first-order valence-electron chi connectivity index (χ1n) is 7.81. The van der Waals surface area contributed by atoms with Gasteiger partial charge in [0.1, 0.15) is 16.8 Å². The number of amidine groups is 1. The van der Waals surface area contributed by atoms with Gasteiger partial charge in [0.05, 0.1) is 12.6 Å². The average Bonchev–Trinajstić information content (AvgIpc) is 2.96. The molecule has 0 saturated carbocycles. The number of halogens is 1. The maximum atomic E-state index is 13.0. The standard InChI is InChI=1S/C18H14FN3O4S/c19-13-4-1-10(2-5-13)11-3-6-14(23)12(7-11)9-20-22-18-21-17(26)15(27-18)8-16(24)25/h1-7,9,15,23H,8H2,(H,24,25)(H,21,22,26). The van der Waals surface area contributed by atoms with Crippen LogP contribution < -0.4 is 5.32 Å². The Morgan fingerprint density at radius 2 is 1.93 bits per heavy atom. The molecule has 1 aliphatic rings. The molecule has 1 atom stereocenters. The molecule has 1 unspecified atom stereocenters. The lowest BCUT2D eigenvalue weighted by Crippen LogP contribution is -2.26. The molecule has 0 aromatic heterocycles. The summed E-state index contributed by atoms with van der Waals surface area (Å²) in [4.78, 5) is 22.3. The number of rotatable bonds is 5. The first-order valence-corrected chi connectivity index (χ1v) is 8.69. The summed E-state index contributed by atoms with van der Waals surface area (Å²) in [5.74, 6) is -1.86. The van der Waals surface area contributed by atoms with Gasteiger partial charge in [0.25, 0.3) is 0 Å². The van der Waals surface area contributed by atoms with Crippen LogP contribution in [0.5, 0.6) is 5.75 Å². The van der Waals surface area contributed by atoms with Crippen molar-refractivity contribution in [3.8, 4) is 16.9 Å². The highest BCUT2D eigenvalue weighted by Gasteiger charge is 2.32. The maximum absolute atomic E-state index is 13.0. The van der Waals surface area contributed by atoms with Gasteiger partial charge in [-0.2, -0.15) is 5.10 Å². The molecule has 0 spiro atoms. The van der Waals surface area contributed by atoms with Gasteiger partial charge in [-0.15, -0.1) is 5.10 Å². The largest absolute Gasteiger partial charge is 0.507 e. The van der Waals surface area contributed by atoms with Crippen LogP contribution in [0.2, 0.25) is 0 Å². The van der Waals surface area contributed by atoms with E-state index in [1.165, 1.54) is 24.4 Å². The number of thioether (sulfide) groups is 1. The highest BCUT2D eigenvalue weighted by molar-refractivity contribution is 8.15. The number of carbonyl (C=O) groups excluding carboxylic acids is 1. The molecule has 7 nitrogen and oxygen atoms in total. The molecule has 0 bridgehead atoms. The molecule has 1 aliphatic heterocycles. The Hall–Kier alpha value is -3.20. The van der Waals surface area contributed by atoms with E-state index in [-0.39, 0.29) is 23.2 Å². The Balaban J connectivity index is 1.75. The average molecular weight is 387 g/mol. The summed E-state index contributed by atoms with van der Waals surface area (Å²) in [6.45, 7) is 0. The summed E-state index contributed by atoms with van der Waals surface area (Å²) in [5.41, 5.74) is 1.91. The predicted molar refractivity (Wildman–Crippen MR) is 100 cm³/mol. The van der Waals surface area contributed by atoms with Gasteiger partial charge in [0.15, 0.2) is 5.17 Å². The summed E-state index contributed by atoms with van der Waals surface area (Å²) in [6, 6.07) is 10.8. The molecule has 138 valence electrons. The van der Waals surface area contributed by atoms with Crippen molar-refractivity contribution in [3.05, 3.63) is 53.8 Å². The third-order valence-corrected chi connectivity index (χ3v) is 4.76. The van der Waals surface area contributed by atoms with E-state index < -0.39 is 17.1 Å². The zero-order valence-electron chi connectivity index (χ0n) is 13.8. The zero-order valence-corrected chi connectivity index (χ0v) is 14.6. The number of phenols is 1. The van der Waals surface area contributed by atoms with E-state index in [1.54, 1.807) is 24.3 Å². The second-order valence-corrected chi connectivity index (χ2v) is 6.82. The minimum atomic E-state index is -1.07. The van der Waals surface area contributed by atoms with Gasteiger partial charge in [0, 0.05) is 5.56 Å². The second-order valence-electron chi connectivity index (χ2n) is 5.62. The second kappa shape index (κ2) is 8.00. The van der Waals surface area contributed by atoms with E-state index in [4.69, 9.17) is 5.11 Å². The minimum Gasteiger partial charge on any atom is -0.507 e. The number of nitrogens with zero attached hydrogens (tertiary/aromatic N) is 2. The molecule has 3 rings (SSSR count). The van der Waals surface area contributed by atoms with E-state index in [9.17, 15) is 19.1 Å². The number of amides is 1. The van der Waals surface area contributed by atoms with Crippen LogP contribution in [-0.2, 0) is 9.59 Å². The lowest BCUT2D eigenvalue weighted by molar-refractivity contribution is -0.138. The highest BCUT2D eigenvalue weighted by atomic mass is 32.2. The van der Waals surface area contributed by atoms with Gasteiger partial charge in [-0.25, -0.2) is 4.39 Å². The van der Waals surface area contributed by atoms with Crippen LogP contribution in [0.25, 0.3) is 11.1 Å². The predicted octanol–water partition coefficient (Wildman–Crippen LogP) is 2.59. The summed E-state index contributed by atoms with van der Waals surface area (Å²) in [5, 5.41) is 28.3. The third-order valence-electron chi connectivity index (χ3n) is 3.69. The number of hydrogen-bond acceptors (Lipinski definition) is 6. The van der Waals surface area contributed by atoms with E-state index in [0.717, 1.165) is 22.9 Å². The highest BCUT2D eigenvalue weighted by Crippen LogP contribution is 2.26. The first-order chi connectivity index (χ1) is 12.9. The summed E-state index contributed by atoms with van der Waals surface area (Å²) in [6.07, 6.45) is 1.01. The number of nitrogens with one attached hydrogen (secondary N) is 1. The van der Waals surface area contributed by atoms with Crippen molar-refractivity contribution in [2.24, 2.45) is 10.2 Å². The van der Waals surface area contributed by atoms with Crippen molar-refractivity contribution in [3.63, 3.8) is 0 Å². The smallest absolute Gasteiger partial charge is 0.305 e. The first kappa shape index (κ1) is 18.6. The van der Waals surface area contributed by atoms with Crippen molar-refractivity contribution >= 4 is 35.0 Å². The summed E-state index contributed by atoms with van der Waals surface area (Å²) >= 11 is 0.985. The van der Waals surface area contributed by atoms with Crippen LogP contribution in [0, 0.1) is 5.82 Å². The van der Waals surface area contributed by atoms with Crippen LogP contribution in [0.3, 0.4) is 0 Å². The minimum absolute atomic E-state index is 0.0170. The van der Waals surface area contributed by atoms with Crippen LogP contribution in [0.1, 0.15) is 12.0 Å². The quantitative estimate of drug-likeness (QED) is 0.539. The van der Waals surface area contributed by atoms with Gasteiger partial charge in [-0.05, 0) is 35.4 Å². The lowest BCUT2D eigenvalue weighted by atomic mass is 10.0. The van der Waals surface area contributed by atoms with Crippen LogP contribution in [0.4, 0.5) is 4.39 Å². The Labute approximate surface area is 157 Å². The molecule has 1 saturated heterocycles. The van der Waals surface area contributed by atoms with Crippen LogP contribution in [0.15, 0.2) is 52.7 Å². The van der Waals surface area contributed by atoms with E-state index in [2.05, 4.69) is 15.5 Å². The van der Waals surface area contributed by atoms with Gasteiger partial charge >= 0.3 is 5.97 Å². The van der Waals surface area contributed by atoms with E-state index >= 15 is 0 Å². The van der Waals surface area contributed by atoms with Gasteiger partial charge < -0.3 is 15.5 Å². The van der Waals surface area contributed by atoms with Gasteiger partial charge in [-0.1, -0.05) is 30.0 Å². The Bertz CT molecular complexity index is 944. The Kier molecular flexibility index (Phi) is 5.51. The van der Waals surface area contributed by atoms with Gasteiger partial charge in [-0.3, -0.25) is 9.59 Å². The monoisotopic (exact) mass is 387 g/mol. The normalized spacial score (nSPS) is 18.2. The third kappa shape index (κ3) is 4.70. The van der Waals surface area contributed by atoms with E-state index in [1.807, 2.05) is 0 Å². The van der Waals surface area contributed by atoms with Crippen LogP contribution >= 0.6 is 11.8 Å². The van der Waals surface area contributed by atoms with Gasteiger partial charge in [0.2, 0.25) is 5.91 Å². The molecule has 9 heteroatoms. The topological polar surface area (TPSA) is 111 Å². The number of aromatic hydroxyl groups is 1. The molecule has 2 aromatic carbocycles. The molecule has 3 N–H and O–H groups in total. The molecule has 1 heterocycles. The molecular formula is C18H14FN3O4S. The SMILES string of the molecule is O=C(O)CC1SC(=NN=Cc2cc(-c3ccc(F)cc3)ccc2O)NC1=O. The molecule has 27 heavy (non-hydrogen) atoms. The fourth-order valence-electron chi connectivity index (χ4n) is 2.37. The molecule has 0 aliphatic carbocycles. The summed E-state index contributed by atoms with van der Waals surface area (Å²) < 4.78 is 13.0. The van der Waals surface area contributed by atoms with Crippen molar-refractivity contribution < 1.29 is 24.2 Å². The number of hydrogen-bond donors (Lipinski definition) is 3. The maximum Gasteiger partial charge on any atom is 0.305 e. The van der Waals surface area contributed by atoms with Crippen LogP contribution in [-0.4, -0.2) is 38.7 Å². The lowest BCUT2D eigenvalue weighted by Gasteiger charge is -2.04. The molecule has 0 radical (unpaired) electrons. The number of benzene rings is 2. The number of aliphatic carboxylic acids is 1. The Morgan fingerprint density at radius 3 is 2.63 bits per heavy atom. The van der Waals surface area contributed by atoms with E-state index in [0.29, 0.717) is 5.56 Å². The van der Waals surface area contributed by atoms with Crippen molar-refractivity contribution in [1.82, 2.24) is 5.32 Å². The number of carboxylic acid groups (broad SMARTS) is 1. The number of phenolic OH excluding ortho intramolecular Hbond substituents is 1.